The molecule has 1 fully saturated rings. The van der Waals surface area contributed by atoms with Crippen LogP contribution in [0.2, 0.25) is 0 Å². The number of aromatic nitrogens is 2. The van der Waals surface area contributed by atoms with E-state index in [1.54, 1.807) is 0 Å². The van der Waals surface area contributed by atoms with Crippen LogP contribution in [0.4, 0.5) is 5.95 Å². The zero-order chi connectivity index (χ0) is 16.7. The molecule has 0 saturated carbocycles. The van der Waals surface area contributed by atoms with Crippen molar-refractivity contribution < 1.29 is 14.3 Å². The summed E-state index contributed by atoms with van der Waals surface area (Å²) in [5.74, 6) is -0.272. The Morgan fingerprint density at radius 1 is 1.22 bits per heavy atom. The number of hydrogen-bond acceptors (Lipinski definition) is 5. The van der Waals surface area contributed by atoms with Gasteiger partial charge in [-0.1, -0.05) is 12.1 Å². The minimum absolute atomic E-state index is 0.194. The van der Waals surface area contributed by atoms with E-state index in [1.165, 1.54) is 0 Å². The summed E-state index contributed by atoms with van der Waals surface area (Å²) >= 11 is 0. The van der Waals surface area contributed by atoms with Crippen molar-refractivity contribution in [3.8, 4) is 0 Å². The first-order valence-corrected chi connectivity index (χ1v) is 7.57. The van der Waals surface area contributed by atoms with E-state index in [1.807, 2.05) is 56.7 Å². The van der Waals surface area contributed by atoms with Crippen LogP contribution in [0.3, 0.4) is 0 Å². The first-order chi connectivity index (χ1) is 10.8. The van der Waals surface area contributed by atoms with E-state index in [0.29, 0.717) is 19.2 Å². The second kappa shape index (κ2) is 5.50. The van der Waals surface area contributed by atoms with Gasteiger partial charge in [-0.3, -0.25) is 15.6 Å². The van der Waals surface area contributed by atoms with Gasteiger partial charge >= 0.3 is 0 Å². The number of carbonyl (C=O) groups excluding carboxylic acids is 1. The number of nitrogens with one attached hydrogen (secondary N) is 2. The third-order valence-electron chi connectivity index (χ3n) is 4.10. The van der Waals surface area contributed by atoms with E-state index in [0.717, 1.165) is 11.0 Å². The van der Waals surface area contributed by atoms with Crippen molar-refractivity contribution in [1.82, 2.24) is 15.0 Å². The van der Waals surface area contributed by atoms with Gasteiger partial charge in [0.2, 0.25) is 11.9 Å². The Bertz CT molecular complexity index is 728. The molecule has 1 aromatic carbocycles. The molecule has 2 aromatic rings. The third-order valence-corrected chi connectivity index (χ3v) is 4.10. The second-order valence-electron chi connectivity index (χ2n) is 6.60. The molecule has 1 aliphatic heterocycles. The van der Waals surface area contributed by atoms with E-state index < -0.39 is 11.2 Å². The van der Waals surface area contributed by atoms with Crippen LogP contribution in [-0.2, 0) is 21.3 Å². The highest BCUT2D eigenvalue weighted by atomic mass is 16.7. The second-order valence-corrected chi connectivity index (χ2v) is 6.60. The predicted octanol–water partition coefficient (Wildman–Crippen LogP) is 1.81. The lowest BCUT2D eigenvalue weighted by molar-refractivity contribution is -0.277. The minimum atomic E-state index is -0.743. The molecule has 0 aliphatic carbocycles. The van der Waals surface area contributed by atoms with Crippen molar-refractivity contribution in [2.24, 2.45) is 12.5 Å². The highest BCUT2D eigenvalue weighted by Crippen LogP contribution is 2.29. The monoisotopic (exact) mass is 318 g/mol. The molecule has 7 nitrogen and oxygen atoms in total. The fourth-order valence-corrected chi connectivity index (χ4v) is 2.40. The fourth-order valence-electron chi connectivity index (χ4n) is 2.40. The maximum absolute atomic E-state index is 12.5. The topological polar surface area (TPSA) is 77.4 Å². The Morgan fingerprint density at radius 2 is 1.87 bits per heavy atom. The molecule has 0 radical (unpaired) electrons. The summed E-state index contributed by atoms with van der Waals surface area (Å²) in [6.45, 7) is 6.09. The standard InChI is InChI=1S/C16H22N4O3/c1-15(2)22-9-16(3,10-23-15)13(21)18-19-14-17-11-7-5-6-8-12(11)20(14)4/h5-8H,9-10H2,1-4H3,(H,17,19)(H,18,21). The van der Waals surface area contributed by atoms with Crippen molar-refractivity contribution in [3.63, 3.8) is 0 Å². The Balaban J connectivity index is 1.67. The van der Waals surface area contributed by atoms with Gasteiger partial charge in [0.1, 0.15) is 0 Å². The van der Waals surface area contributed by atoms with Gasteiger partial charge in [-0.25, -0.2) is 4.98 Å². The lowest BCUT2D eigenvalue weighted by Gasteiger charge is -2.40. The van der Waals surface area contributed by atoms with E-state index in [2.05, 4.69) is 15.8 Å². The number of para-hydroxylation sites is 2. The lowest BCUT2D eigenvalue weighted by atomic mass is 9.91. The molecule has 2 N–H and O–H groups in total. The van der Waals surface area contributed by atoms with E-state index in [4.69, 9.17) is 9.47 Å². The third kappa shape index (κ3) is 3.02. The first kappa shape index (κ1) is 15.8. The first-order valence-electron chi connectivity index (χ1n) is 7.57. The number of hydrogen-bond donors (Lipinski definition) is 2. The van der Waals surface area contributed by atoms with Gasteiger partial charge in [-0.15, -0.1) is 0 Å². The summed E-state index contributed by atoms with van der Waals surface area (Å²) in [7, 11) is 1.89. The summed E-state index contributed by atoms with van der Waals surface area (Å²) in [4.78, 5) is 16.9. The molecule has 23 heavy (non-hydrogen) atoms. The summed E-state index contributed by atoms with van der Waals surface area (Å²) in [5, 5.41) is 0. The van der Waals surface area contributed by atoms with Crippen molar-refractivity contribution in [3.05, 3.63) is 24.3 Å². The molecule has 3 rings (SSSR count). The van der Waals surface area contributed by atoms with E-state index in [9.17, 15) is 4.79 Å². The number of hydrazine groups is 1. The van der Waals surface area contributed by atoms with Gasteiger partial charge in [0, 0.05) is 7.05 Å². The molecule has 0 unspecified atom stereocenters. The Kier molecular flexibility index (Phi) is 3.77. The normalized spacial score (nSPS) is 19.5. The quantitative estimate of drug-likeness (QED) is 0.844. The molecule has 1 amide bonds. The van der Waals surface area contributed by atoms with Gasteiger partial charge in [-0.2, -0.15) is 0 Å². The lowest BCUT2D eigenvalue weighted by Crippen LogP contribution is -2.53. The van der Waals surface area contributed by atoms with Crippen molar-refractivity contribution in [2.45, 2.75) is 26.6 Å². The van der Waals surface area contributed by atoms with Crippen LogP contribution in [-0.4, -0.2) is 34.5 Å². The highest BCUT2D eigenvalue weighted by molar-refractivity contribution is 5.84. The van der Waals surface area contributed by atoms with Crippen LogP contribution in [0.5, 0.6) is 0 Å². The van der Waals surface area contributed by atoms with Crippen molar-refractivity contribution in [1.29, 1.82) is 0 Å². The number of aryl methyl sites for hydroxylation is 1. The molecular weight excluding hydrogens is 296 g/mol. The molecule has 0 bridgehead atoms. The van der Waals surface area contributed by atoms with Gasteiger partial charge in [0.15, 0.2) is 5.79 Å². The molecule has 1 saturated heterocycles. The molecule has 2 heterocycles. The number of imidazole rings is 1. The zero-order valence-corrected chi connectivity index (χ0v) is 13.8. The number of anilines is 1. The molecule has 1 aliphatic rings. The van der Waals surface area contributed by atoms with Gasteiger partial charge in [0.25, 0.3) is 0 Å². The number of amides is 1. The number of benzene rings is 1. The van der Waals surface area contributed by atoms with Crippen LogP contribution in [0, 0.1) is 5.41 Å². The maximum Gasteiger partial charge on any atom is 0.249 e. The van der Waals surface area contributed by atoms with Crippen LogP contribution in [0.1, 0.15) is 20.8 Å². The molecule has 0 spiro atoms. The average Bonchev–Trinajstić information content (AvgIpc) is 2.85. The number of nitrogens with zero attached hydrogens (tertiary/aromatic N) is 2. The Labute approximate surface area is 134 Å². The van der Waals surface area contributed by atoms with Crippen LogP contribution >= 0.6 is 0 Å². The van der Waals surface area contributed by atoms with Crippen molar-refractivity contribution >= 4 is 22.9 Å². The molecule has 0 atom stereocenters. The Morgan fingerprint density at radius 3 is 2.52 bits per heavy atom. The SMILES string of the molecule is Cn1c(NNC(=O)C2(C)COC(C)(C)OC2)nc2ccccc21. The largest absolute Gasteiger partial charge is 0.349 e. The maximum atomic E-state index is 12.5. The van der Waals surface area contributed by atoms with E-state index in [-0.39, 0.29) is 5.91 Å². The summed E-state index contributed by atoms with van der Waals surface area (Å²) in [5.41, 5.74) is 6.70. The molecule has 1 aromatic heterocycles. The fraction of sp³-hybridized carbons (Fsp3) is 0.500. The van der Waals surface area contributed by atoms with Crippen LogP contribution in [0.15, 0.2) is 24.3 Å². The highest BCUT2D eigenvalue weighted by Gasteiger charge is 2.42. The Hall–Kier alpha value is -2.12. The average molecular weight is 318 g/mol. The van der Waals surface area contributed by atoms with Gasteiger partial charge in [-0.05, 0) is 32.9 Å². The number of carbonyl (C=O) groups is 1. The summed E-state index contributed by atoms with van der Waals surface area (Å²) < 4.78 is 13.1. The van der Waals surface area contributed by atoms with Crippen molar-refractivity contribution in [2.75, 3.05) is 18.6 Å². The van der Waals surface area contributed by atoms with Crippen LogP contribution < -0.4 is 10.9 Å². The molecule has 124 valence electrons. The minimum Gasteiger partial charge on any atom is -0.349 e. The van der Waals surface area contributed by atoms with E-state index >= 15 is 0 Å². The number of ether oxygens (including phenoxy) is 2. The molecule has 7 heteroatoms. The summed E-state index contributed by atoms with van der Waals surface area (Å²) in [6.07, 6.45) is 0. The molecular formula is C16H22N4O3. The van der Waals surface area contributed by atoms with Crippen LogP contribution in [0.25, 0.3) is 11.0 Å². The number of rotatable bonds is 3. The number of fused-ring (bicyclic) bond motifs is 1. The van der Waals surface area contributed by atoms with Gasteiger partial charge in [0.05, 0.1) is 29.7 Å². The zero-order valence-electron chi connectivity index (χ0n) is 13.8. The smallest absolute Gasteiger partial charge is 0.249 e. The van der Waals surface area contributed by atoms with Gasteiger partial charge < -0.3 is 14.0 Å². The summed E-state index contributed by atoms with van der Waals surface area (Å²) in [6, 6.07) is 7.78. The predicted molar refractivity (Wildman–Crippen MR) is 86.6 cm³/mol.